The number of carboxylic acid groups (broad SMARTS) is 2. The summed E-state index contributed by atoms with van der Waals surface area (Å²) in [7, 11) is -4.12. The number of phosphoric ester groups is 1. The van der Waals surface area contributed by atoms with Crippen LogP contribution in [0.15, 0.2) is 29.8 Å². The Balaban J connectivity index is 0.961. The number of fused-ring (bicyclic) bond motifs is 5. The number of rotatable bonds is 26. The van der Waals surface area contributed by atoms with Gasteiger partial charge in [0.25, 0.3) is 0 Å². The number of allylic oxidation sites excluding steroid dienone is 1. The predicted molar refractivity (Wildman–Crippen MR) is 256 cm³/mol. The second kappa shape index (κ2) is 22.2. The van der Waals surface area contributed by atoms with E-state index in [2.05, 4.69) is 52.8 Å². The fraction of sp³-hybridized carbons (Fsp3) is 0.815. The molecule has 0 saturated heterocycles. The lowest BCUT2D eigenvalue weighted by Crippen LogP contribution is -2.51. The molecule has 358 valence electrons. The number of hydrogen-bond donors (Lipinski definition) is 3. The van der Waals surface area contributed by atoms with Crippen molar-refractivity contribution in [1.29, 1.82) is 0 Å². The van der Waals surface area contributed by atoms with Crippen molar-refractivity contribution in [3.8, 4) is 0 Å². The molecule has 5 rings (SSSR count). The standard InChI is InChI=1S/C54H89O8P/c1-38(2)20-19-21-39(3)46-25-26-47-45-24-23-43-35-44(27-29-53(43,8)48(45)28-30-54(46,47)9)62-63(59,60)61-31-18-16-14-12-10-11-13-15-17-22-40-32-41(36-51(4,5)49(55)56)34-42(33-40)37-52(6,7)50(57)58/h23,32-34,38-39,44-48H,10-22,24-31,35-37H2,1-9H3,(H,55,56)(H,57,58)(H,59,60)/t39?,44?,45?,46?,47?,48?,53-,54+/m0/s1. The van der Waals surface area contributed by atoms with Crippen molar-refractivity contribution in [3.63, 3.8) is 0 Å². The van der Waals surface area contributed by atoms with Gasteiger partial charge in [-0.05, 0) is 174 Å². The predicted octanol–water partition coefficient (Wildman–Crippen LogP) is 14.6. The Kier molecular flexibility index (Phi) is 18.3. The zero-order valence-corrected chi connectivity index (χ0v) is 42.0. The van der Waals surface area contributed by atoms with Crippen molar-refractivity contribution < 1.29 is 38.3 Å². The lowest BCUT2D eigenvalue weighted by Gasteiger charge is -2.58. The quantitative estimate of drug-likeness (QED) is 0.0476. The van der Waals surface area contributed by atoms with Gasteiger partial charge >= 0.3 is 19.8 Å². The molecule has 0 heterocycles. The van der Waals surface area contributed by atoms with Gasteiger partial charge in [0.1, 0.15) is 0 Å². The summed E-state index contributed by atoms with van der Waals surface area (Å²) in [6, 6.07) is 6.19. The van der Waals surface area contributed by atoms with Crippen LogP contribution in [0.3, 0.4) is 0 Å². The molecule has 0 aromatic heterocycles. The molecule has 0 bridgehead atoms. The van der Waals surface area contributed by atoms with Gasteiger partial charge < -0.3 is 15.1 Å². The van der Waals surface area contributed by atoms with Gasteiger partial charge in [0.05, 0.1) is 23.5 Å². The number of phosphoric acid groups is 1. The highest BCUT2D eigenvalue weighted by Crippen LogP contribution is 2.68. The van der Waals surface area contributed by atoms with Gasteiger partial charge in [-0.15, -0.1) is 0 Å². The van der Waals surface area contributed by atoms with E-state index < -0.39 is 30.6 Å². The second-order valence-electron chi connectivity index (χ2n) is 23.4. The Morgan fingerprint density at radius 3 is 1.90 bits per heavy atom. The number of carboxylic acids is 2. The number of carbonyl (C=O) groups is 2. The molecule has 3 saturated carbocycles. The van der Waals surface area contributed by atoms with Crippen LogP contribution in [0.1, 0.15) is 207 Å². The smallest absolute Gasteiger partial charge is 0.472 e. The van der Waals surface area contributed by atoms with Crippen LogP contribution >= 0.6 is 7.82 Å². The second-order valence-corrected chi connectivity index (χ2v) is 24.8. The molecule has 1 aromatic carbocycles. The van der Waals surface area contributed by atoms with Gasteiger partial charge in [-0.25, -0.2) is 4.57 Å². The summed E-state index contributed by atoms with van der Waals surface area (Å²) in [4.78, 5) is 34.4. The summed E-state index contributed by atoms with van der Waals surface area (Å²) in [6.07, 6.45) is 26.8. The van der Waals surface area contributed by atoms with E-state index in [4.69, 9.17) is 9.05 Å². The molecule has 4 aliphatic rings. The Hall–Kier alpha value is -1.99. The van der Waals surface area contributed by atoms with Gasteiger partial charge in [0.15, 0.2) is 0 Å². The summed E-state index contributed by atoms with van der Waals surface area (Å²) in [5.74, 6) is 3.10. The average molecular weight is 897 g/mol. The topological polar surface area (TPSA) is 130 Å². The molecule has 9 atom stereocenters. The largest absolute Gasteiger partial charge is 0.481 e. The van der Waals surface area contributed by atoms with Crippen molar-refractivity contribution in [2.75, 3.05) is 6.61 Å². The van der Waals surface area contributed by atoms with Crippen LogP contribution in [-0.2, 0) is 42.5 Å². The van der Waals surface area contributed by atoms with Gasteiger partial charge in [0.2, 0.25) is 0 Å². The van der Waals surface area contributed by atoms with Gasteiger partial charge in [0, 0.05) is 0 Å². The highest BCUT2D eigenvalue weighted by atomic mass is 31.2. The lowest BCUT2D eigenvalue weighted by molar-refractivity contribution is -0.147. The van der Waals surface area contributed by atoms with Crippen LogP contribution in [0, 0.1) is 57.2 Å². The Labute approximate surface area is 383 Å². The minimum absolute atomic E-state index is 0.176. The molecule has 0 radical (unpaired) electrons. The van der Waals surface area contributed by atoms with Crippen LogP contribution in [0.4, 0.5) is 0 Å². The van der Waals surface area contributed by atoms with E-state index in [0.29, 0.717) is 24.2 Å². The van der Waals surface area contributed by atoms with E-state index in [1.807, 2.05) is 6.07 Å². The molecule has 0 spiro atoms. The molecule has 7 unspecified atom stereocenters. The van der Waals surface area contributed by atoms with Crippen molar-refractivity contribution in [3.05, 3.63) is 46.5 Å². The Morgan fingerprint density at radius 2 is 1.32 bits per heavy atom. The number of hydrogen-bond acceptors (Lipinski definition) is 5. The van der Waals surface area contributed by atoms with Crippen molar-refractivity contribution in [2.45, 2.75) is 216 Å². The maximum atomic E-state index is 13.1. The molecule has 3 N–H and O–H groups in total. The maximum Gasteiger partial charge on any atom is 0.472 e. The minimum Gasteiger partial charge on any atom is -0.481 e. The molecule has 4 aliphatic carbocycles. The van der Waals surface area contributed by atoms with Crippen molar-refractivity contribution >= 4 is 19.8 Å². The number of aliphatic carboxylic acids is 2. The first-order chi connectivity index (χ1) is 29.6. The summed E-state index contributed by atoms with van der Waals surface area (Å²) < 4.78 is 24.5. The van der Waals surface area contributed by atoms with Crippen LogP contribution in [0.5, 0.6) is 0 Å². The first-order valence-electron chi connectivity index (χ1n) is 25.5. The van der Waals surface area contributed by atoms with E-state index in [1.54, 1.807) is 27.7 Å². The maximum absolute atomic E-state index is 13.1. The molecule has 63 heavy (non-hydrogen) atoms. The molecule has 3 fully saturated rings. The molecule has 9 heteroatoms. The van der Waals surface area contributed by atoms with E-state index >= 15 is 0 Å². The lowest BCUT2D eigenvalue weighted by atomic mass is 9.47. The molecule has 8 nitrogen and oxygen atoms in total. The van der Waals surface area contributed by atoms with Gasteiger partial charge in [-0.2, -0.15) is 0 Å². The fourth-order valence-corrected chi connectivity index (χ4v) is 14.1. The van der Waals surface area contributed by atoms with Crippen molar-refractivity contribution in [1.82, 2.24) is 0 Å². The van der Waals surface area contributed by atoms with E-state index in [1.165, 1.54) is 50.5 Å². The first-order valence-corrected chi connectivity index (χ1v) is 27.0. The summed E-state index contributed by atoms with van der Waals surface area (Å²) in [5, 5.41) is 19.4. The first kappa shape index (κ1) is 52.0. The Bertz CT molecular complexity index is 1700. The van der Waals surface area contributed by atoms with Crippen LogP contribution in [0.25, 0.3) is 0 Å². The SMILES string of the molecule is CC(C)CCCC(C)C1CCC2C3CC=C4CC(OP(=O)(O)OCCCCCCCCCCCc5cc(CC(C)(C)C(=O)O)cc(CC(C)(C)C(=O)O)c5)CC[C@]4(C)C3CC[C@]12C. The van der Waals surface area contributed by atoms with Crippen LogP contribution in [0.2, 0.25) is 0 Å². The zero-order chi connectivity index (χ0) is 46.2. The highest BCUT2D eigenvalue weighted by molar-refractivity contribution is 7.47. The summed E-state index contributed by atoms with van der Waals surface area (Å²) >= 11 is 0. The van der Waals surface area contributed by atoms with Crippen LogP contribution < -0.4 is 0 Å². The number of benzene rings is 1. The average Bonchev–Trinajstić information content (AvgIpc) is 3.55. The van der Waals surface area contributed by atoms with E-state index in [0.717, 1.165) is 136 Å². The molecule has 1 aromatic rings. The molecular weight excluding hydrogens is 808 g/mol. The monoisotopic (exact) mass is 897 g/mol. The zero-order valence-electron chi connectivity index (χ0n) is 41.2. The molecule has 0 aliphatic heterocycles. The summed E-state index contributed by atoms with van der Waals surface area (Å²) in [6.45, 7) is 19.6. The van der Waals surface area contributed by atoms with Gasteiger partial charge in [-0.3, -0.25) is 18.6 Å². The highest BCUT2D eigenvalue weighted by Gasteiger charge is 2.59. The van der Waals surface area contributed by atoms with Crippen LogP contribution in [-0.4, -0.2) is 39.8 Å². The summed E-state index contributed by atoms with van der Waals surface area (Å²) in [5.41, 5.74) is 3.36. The normalized spacial score (nSPS) is 28.7. The third-order valence-electron chi connectivity index (χ3n) is 17.0. The van der Waals surface area contributed by atoms with Gasteiger partial charge in [-0.1, -0.05) is 129 Å². The molecular formula is C54H89O8P. The minimum atomic E-state index is -4.12. The fourth-order valence-electron chi connectivity index (χ4n) is 13.2. The number of unbranched alkanes of at least 4 members (excludes halogenated alkanes) is 8. The molecule has 0 amide bonds. The number of aryl methyl sites for hydroxylation is 1. The third-order valence-corrected chi connectivity index (χ3v) is 18.0. The van der Waals surface area contributed by atoms with E-state index in [-0.39, 0.29) is 18.1 Å². The Morgan fingerprint density at radius 1 is 0.746 bits per heavy atom. The van der Waals surface area contributed by atoms with Crippen molar-refractivity contribution in [2.24, 2.45) is 57.2 Å². The van der Waals surface area contributed by atoms with E-state index in [9.17, 15) is 29.3 Å². The third kappa shape index (κ3) is 13.8.